The monoisotopic (exact) mass is 364 g/mol. The molecule has 1 aliphatic carbocycles. The van der Waals surface area contributed by atoms with Crippen molar-refractivity contribution in [3.63, 3.8) is 0 Å². The Morgan fingerprint density at radius 1 is 1.38 bits per heavy atom. The van der Waals surface area contributed by atoms with E-state index >= 15 is 0 Å². The van der Waals surface area contributed by atoms with Gasteiger partial charge < -0.3 is 10.1 Å². The molecular formula is C18H22F2N4O2. The molecule has 1 N–H and O–H groups in total. The minimum atomic E-state index is -2.59. The predicted molar refractivity (Wildman–Crippen MR) is 92.9 cm³/mol. The second-order valence-corrected chi connectivity index (χ2v) is 6.50. The van der Waals surface area contributed by atoms with E-state index in [0.29, 0.717) is 30.0 Å². The van der Waals surface area contributed by atoms with Crippen molar-refractivity contribution in [3.8, 4) is 5.82 Å². The number of hydrogen-bond acceptors (Lipinski definition) is 5. The third kappa shape index (κ3) is 4.36. The van der Waals surface area contributed by atoms with Crippen molar-refractivity contribution < 1.29 is 18.3 Å². The highest BCUT2D eigenvalue weighted by molar-refractivity contribution is 5.90. The number of alkyl halides is 2. The van der Waals surface area contributed by atoms with Gasteiger partial charge in [-0.2, -0.15) is 5.10 Å². The zero-order chi connectivity index (χ0) is 18.7. The van der Waals surface area contributed by atoms with E-state index in [-0.39, 0.29) is 25.5 Å². The van der Waals surface area contributed by atoms with Crippen LogP contribution < -0.4 is 5.32 Å². The molecule has 0 aromatic carbocycles. The molecule has 1 saturated carbocycles. The van der Waals surface area contributed by atoms with Gasteiger partial charge in [-0.25, -0.2) is 23.2 Å². The Hall–Kier alpha value is -2.51. The van der Waals surface area contributed by atoms with Crippen LogP contribution in [0.15, 0.2) is 24.4 Å². The molecule has 0 aliphatic heterocycles. The van der Waals surface area contributed by atoms with Gasteiger partial charge in [-0.1, -0.05) is 0 Å². The van der Waals surface area contributed by atoms with Crippen molar-refractivity contribution in [2.75, 3.05) is 11.9 Å². The second kappa shape index (κ2) is 7.39. The van der Waals surface area contributed by atoms with Gasteiger partial charge in [-0.15, -0.1) is 0 Å². The highest BCUT2D eigenvalue weighted by Crippen LogP contribution is 2.34. The molecule has 2 aromatic rings. The van der Waals surface area contributed by atoms with Gasteiger partial charge in [0.2, 0.25) is 5.92 Å². The molecule has 2 heterocycles. The molecule has 26 heavy (non-hydrogen) atoms. The molecule has 0 bridgehead atoms. The second-order valence-electron chi connectivity index (χ2n) is 6.50. The molecule has 0 spiro atoms. The summed E-state index contributed by atoms with van der Waals surface area (Å²) >= 11 is 0. The number of aromatic nitrogens is 3. The summed E-state index contributed by atoms with van der Waals surface area (Å²) in [6.07, 6.45) is 2.17. The molecular weight excluding hydrogens is 342 g/mol. The minimum absolute atomic E-state index is 0.105. The summed E-state index contributed by atoms with van der Waals surface area (Å²) in [6, 6.07) is 4.91. The van der Waals surface area contributed by atoms with Crippen LogP contribution in [0.2, 0.25) is 0 Å². The Balaban J connectivity index is 1.86. The number of nitrogens with one attached hydrogen (secondary N) is 1. The molecule has 1 aliphatic rings. The molecule has 6 nitrogen and oxygen atoms in total. The van der Waals surface area contributed by atoms with Crippen LogP contribution in [0, 0.1) is 6.92 Å². The van der Waals surface area contributed by atoms with Gasteiger partial charge in [-0.05, 0) is 44.9 Å². The van der Waals surface area contributed by atoms with Gasteiger partial charge in [0.1, 0.15) is 5.82 Å². The van der Waals surface area contributed by atoms with Crippen LogP contribution in [-0.2, 0) is 4.74 Å². The number of rotatable bonds is 5. The summed E-state index contributed by atoms with van der Waals surface area (Å²) < 4.78 is 33.3. The van der Waals surface area contributed by atoms with E-state index in [9.17, 15) is 13.6 Å². The van der Waals surface area contributed by atoms with Crippen LogP contribution >= 0.6 is 0 Å². The molecule has 1 fully saturated rings. The fraction of sp³-hybridized carbons (Fsp3) is 0.500. The Labute approximate surface area is 150 Å². The van der Waals surface area contributed by atoms with Gasteiger partial charge in [0.15, 0.2) is 5.82 Å². The molecule has 2 aromatic heterocycles. The summed E-state index contributed by atoms with van der Waals surface area (Å²) in [5.41, 5.74) is 1.16. The van der Waals surface area contributed by atoms with E-state index in [2.05, 4.69) is 15.4 Å². The number of esters is 1. The van der Waals surface area contributed by atoms with Crippen molar-refractivity contribution >= 4 is 11.8 Å². The van der Waals surface area contributed by atoms with Crippen molar-refractivity contribution in [2.24, 2.45) is 0 Å². The highest BCUT2D eigenvalue weighted by atomic mass is 19.3. The number of carbonyl (C=O) groups is 1. The number of hydrogen-bond donors (Lipinski definition) is 1. The highest BCUT2D eigenvalue weighted by Gasteiger charge is 2.35. The number of pyridine rings is 1. The van der Waals surface area contributed by atoms with E-state index in [1.165, 1.54) is 0 Å². The quantitative estimate of drug-likeness (QED) is 0.819. The molecule has 0 unspecified atom stereocenters. The van der Waals surface area contributed by atoms with Crippen LogP contribution in [0.5, 0.6) is 0 Å². The summed E-state index contributed by atoms with van der Waals surface area (Å²) in [4.78, 5) is 16.6. The predicted octanol–water partition coefficient (Wildman–Crippen LogP) is 3.74. The van der Waals surface area contributed by atoms with E-state index in [1.54, 1.807) is 29.9 Å². The largest absolute Gasteiger partial charge is 0.462 e. The number of carbonyl (C=O) groups excluding carboxylic acids is 1. The topological polar surface area (TPSA) is 69.0 Å². The lowest BCUT2D eigenvalue weighted by Gasteiger charge is -2.29. The first-order valence-electron chi connectivity index (χ1n) is 8.72. The lowest BCUT2D eigenvalue weighted by Crippen LogP contribution is -2.32. The van der Waals surface area contributed by atoms with E-state index in [0.717, 1.165) is 5.69 Å². The number of halogens is 2. The average Bonchev–Trinajstić information content (AvgIpc) is 3.03. The maximum atomic E-state index is 13.3. The third-order valence-corrected chi connectivity index (χ3v) is 4.35. The smallest absolute Gasteiger partial charge is 0.338 e. The summed E-state index contributed by atoms with van der Waals surface area (Å²) in [7, 11) is 0. The maximum Gasteiger partial charge on any atom is 0.338 e. The molecule has 3 rings (SSSR count). The zero-order valence-electron chi connectivity index (χ0n) is 14.8. The summed E-state index contributed by atoms with van der Waals surface area (Å²) in [5, 5.41) is 7.49. The minimum Gasteiger partial charge on any atom is -0.462 e. The number of anilines is 1. The van der Waals surface area contributed by atoms with Crippen LogP contribution in [0.3, 0.4) is 0 Å². The molecule has 8 heteroatoms. The molecule has 0 atom stereocenters. The van der Waals surface area contributed by atoms with Gasteiger partial charge in [0.05, 0.1) is 17.9 Å². The first-order chi connectivity index (χ1) is 12.4. The van der Waals surface area contributed by atoms with Crippen LogP contribution in [0.25, 0.3) is 5.82 Å². The van der Waals surface area contributed by atoms with E-state index in [1.807, 2.05) is 13.0 Å². The number of nitrogens with zero attached hydrogens (tertiary/aromatic N) is 3. The zero-order valence-corrected chi connectivity index (χ0v) is 14.8. The fourth-order valence-electron chi connectivity index (χ4n) is 2.98. The van der Waals surface area contributed by atoms with Crippen LogP contribution in [0.4, 0.5) is 14.6 Å². The van der Waals surface area contributed by atoms with E-state index < -0.39 is 11.9 Å². The standard InChI is InChI=1S/C18H22F2N4O2/c1-3-26-17(25)13-10-15(21-14-4-7-18(19,20)8-5-14)22-16(11-13)24-9-6-12(2)23-24/h6,9-11,14H,3-5,7-8H2,1-2H3,(H,21,22). The van der Waals surface area contributed by atoms with Gasteiger partial charge in [0.25, 0.3) is 0 Å². The summed E-state index contributed by atoms with van der Waals surface area (Å²) in [6.45, 7) is 3.85. The SMILES string of the molecule is CCOC(=O)c1cc(NC2CCC(F)(F)CC2)nc(-n2ccc(C)n2)c1. The van der Waals surface area contributed by atoms with Gasteiger partial charge in [0, 0.05) is 25.1 Å². The van der Waals surface area contributed by atoms with Crippen molar-refractivity contribution in [1.82, 2.24) is 14.8 Å². The van der Waals surface area contributed by atoms with Crippen LogP contribution in [-0.4, -0.2) is 39.3 Å². The molecule has 0 amide bonds. The molecule has 0 radical (unpaired) electrons. The molecule has 140 valence electrons. The lowest BCUT2D eigenvalue weighted by molar-refractivity contribution is -0.0361. The Kier molecular flexibility index (Phi) is 5.20. The van der Waals surface area contributed by atoms with Crippen molar-refractivity contribution in [2.45, 2.75) is 51.5 Å². The van der Waals surface area contributed by atoms with Crippen LogP contribution in [0.1, 0.15) is 48.7 Å². The number of ether oxygens (including phenoxy) is 1. The number of aryl methyl sites for hydroxylation is 1. The fourth-order valence-corrected chi connectivity index (χ4v) is 2.98. The summed E-state index contributed by atoms with van der Waals surface area (Å²) in [5.74, 6) is -2.13. The first-order valence-corrected chi connectivity index (χ1v) is 8.72. The van der Waals surface area contributed by atoms with Crippen molar-refractivity contribution in [1.29, 1.82) is 0 Å². The lowest BCUT2D eigenvalue weighted by atomic mass is 9.92. The van der Waals surface area contributed by atoms with Crippen molar-refractivity contribution in [3.05, 3.63) is 35.7 Å². The molecule has 0 saturated heterocycles. The van der Waals surface area contributed by atoms with Gasteiger partial charge >= 0.3 is 5.97 Å². The van der Waals surface area contributed by atoms with Gasteiger partial charge in [-0.3, -0.25) is 0 Å². The Morgan fingerprint density at radius 2 is 2.12 bits per heavy atom. The first kappa shape index (κ1) is 18.3. The average molecular weight is 364 g/mol. The Bertz CT molecular complexity index is 781. The third-order valence-electron chi connectivity index (χ3n) is 4.35. The normalized spacial score (nSPS) is 17.1. The maximum absolute atomic E-state index is 13.3. The van der Waals surface area contributed by atoms with E-state index in [4.69, 9.17) is 4.74 Å². The Morgan fingerprint density at radius 3 is 2.73 bits per heavy atom.